The van der Waals surface area contributed by atoms with Gasteiger partial charge in [0, 0.05) is 29.2 Å². The van der Waals surface area contributed by atoms with Crippen LogP contribution in [0.1, 0.15) is 17.0 Å². The van der Waals surface area contributed by atoms with Gasteiger partial charge in [-0.3, -0.25) is 14.8 Å². The third-order valence-electron chi connectivity index (χ3n) is 3.98. The highest BCUT2D eigenvalue weighted by atomic mass is 32.1. The van der Waals surface area contributed by atoms with E-state index >= 15 is 0 Å². The van der Waals surface area contributed by atoms with Crippen molar-refractivity contribution in [3.05, 3.63) is 81.7 Å². The highest BCUT2D eigenvalue weighted by molar-refractivity contribution is 7.80. The van der Waals surface area contributed by atoms with E-state index in [1.165, 1.54) is 12.1 Å². The van der Waals surface area contributed by atoms with E-state index in [0.717, 1.165) is 22.6 Å². The van der Waals surface area contributed by atoms with Crippen LogP contribution in [0.2, 0.25) is 0 Å². The molecule has 8 heteroatoms. The lowest BCUT2D eigenvalue weighted by atomic mass is 10.2. The summed E-state index contributed by atoms with van der Waals surface area (Å²) in [7, 11) is 0. The topological polar surface area (TPSA) is 85.0 Å². The van der Waals surface area contributed by atoms with Crippen molar-refractivity contribution in [3.8, 4) is 0 Å². The van der Waals surface area contributed by atoms with Gasteiger partial charge in [0.25, 0.3) is 5.69 Å². The largest absolute Gasteiger partial charge is 0.332 e. The smallest absolute Gasteiger partial charge is 0.269 e. The van der Waals surface area contributed by atoms with E-state index in [0.29, 0.717) is 17.3 Å². The molecule has 0 saturated carbocycles. The Morgan fingerprint density at radius 3 is 2.11 bits per heavy atom. The summed E-state index contributed by atoms with van der Waals surface area (Å²) < 4.78 is 1.97. The number of aromatic nitrogens is 2. The van der Waals surface area contributed by atoms with Crippen LogP contribution < -0.4 is 10.6 Å². The molecule has 1 heterocycles. The molecule has 0 radical (unpaired) electrons. The third kappa shape index (κ3) is 4.89. The van der Waals surface area contributed by atoms with Crippen LogP contribution in [0.15, 0.2) is 54.6 Å². The number of anilines is 2. The maximum absolute atomic E-state index is 10.7. The Hall–Kier alpha value is -3.26. The Morgan fingerprint density at radius 1 is 1.07 bits per heavy atom. The van der Waals surface area contributed by atoms with Gasteiger partial charge in [0.05, 0.1) is 17.2 Å². The number of nitrogens with zero attached hydrogens (tertiary/aromatic N) is 3. The van der Waals surface area contributed by atoms with Crippen molar-refractivity contribution in [1.29, 1.82) is 0 Å². The average molecular weight is 381 g/mol. The lowest BCUT2D eigenvalue weighted by molar-refractivity contribution is -0.384. The first-order valence-corrected chi connectivity index (χ1v) is 8.74. The van der Waals surface area contributed by atoms with Crippen LogP contribution in [0, 0.1) is 24.0 Å². The molecule has 0 atom stereocenters. The predicted octanol–water partition coefficient (Wildman–Crippen LogP) is 4.27. The number of hydrogen-bond donors (Lipinski definition) is 2. The van der Waals surface area contributed by atoms with Crippen LogP contribution in [0.4, 0.5) is 17.1 Å². The molecule has 2 aromatic carbocycles. The second kappa shape index (κ2) is 7.96. The van der Waals surface area contributed by atoms with Gasteiger partial charge in [-0.1, -0.05) is 12.1 Å². The van der Waals surface area contributed by atoms with E-state index in [-0.39, 0.29) is 5.69 Å². The van der Waals surface area contributed by atoms with Gasteiger partial charge in [-0.25, -0.2) is 0 Å². The van der Waals surface area contributed by atoms with E-state index in [1.54, 1.807) is 12.1 Å². The van der Waals surface area contributed by atoms with Crippen molar-refractivity contribution >= 4 is 34.4 Å². The van der Waals surface area contributed by atoms with Crippen molar-refractivity contribution < 1.29 is 4.92 Å². The van der Waals surface area contributed by atoms with Gasteiger partial charge < -0.3 is 10.6 Å². The Kier molecular flexibility index (Phi) is 5.46. The molecule has 7 nitrogen and oxygen atoms in total. The Labute approximate surface area is 162 Å². The zero-order chi connectivity index (χ0) is 19.4. The minimum absolute atomic E-state index is 0.0395. The molecule has 0 spiro atoms. The number of nitro groups is 1. The number of rotatable bonds is 5. The van der Waals surface area contributed by atoms with Crippen LogP contribution in [0.5, 0.6) is 0 Å². The van der Waals surface area contributed by atoms with Crippen molar-refractivity contribution in [2.24, 2.45) is 0 Å². The number of aryl methyl sites for hydroxylation is 2. The number of nitro benzene ring substituents is 1. The first kappa shape index (κ1) is 18.5. The summed E-state index contributed by atoms with van der Waals surface area (Å²) in [6.07, 6.45) is 0. The molecule has 0 amide bonds. The number of benzene rings is 2. The zero-order valence-corrected chi connectivity index (χ0v) is 15.8. The summed E-state index contributed by atoms with van der Waals surface area (Å²) in [5.74, 6) is 0. The maximum Gasteiger partial charge on any atom is 0.269 e. The van der Waals surface area contributed by atoms with E-state index in [4.69, 9.17) is 12.2 Å². The fraction of sp³-hybridized carbons (Fsp3) is 0.158. The summed E-state index contributed by atoms with van der Waals surface area (Å²) in [4.78, 5) is 10.2. The molecule has 0 aliphatic carbocycles. The van der Waals surface area contributed by atoms with Gasteiger partial charge in [0.15, 0.2) is 5.11 Å². The van der Waals surface area contributed by atoms with Crippen molar-refractivity contribution in [2.45, 2.75) is 20.4 Å². The predicted molar refractivity (Wildman–Crippen MR) is 110 cm³/mol. The van der Waals surface area contributed by atoms with Crippen molar-refractivity contribution in [3.63, 3.8) is 0 Å². The van der Waals surface area contributed by atoms with Gasteiger partial charge in [-0.2, -0.15) is 5.10 Å². The minimum Gasteiger partial charge on any atom is -0.332 e. The van der Waals surface area contributed by atoms with Gasteiger partial charge in [0.2, 0.25) is 0 Å². The fourth-order valence-electron chi connectivity index (χ4n) is 2.66. The van der Waals surface area contributed by atoms with Gasteiger partial charge in [0.1, 0.15) is 0 Å². The molecule has 0 aliphatic rings. The molecule has 0 saturated heterocycles. The number of non-ortho nitro benzene ring substituents is 1. The molecular weight excluding hydrogens is 362 g/mol. The quantitative estimate of drug-likeness (QED) is 0.390. The van der Waals surface area contributed by atoms with Gasteiger partial charge >= 0.3 is 0 Å². The summed E-state index contributed by atoms with van der Waals surface area (Å²) in [6, 6.07) is 16.1. The monoisotopic (exact) mass is 381 g/mol. The molecule has 0 aliphatic heterocycles. The SMILES string of the molecule is Cc1cc(C)n(Cc2ccc(NC(=S)Nc3ccc([N+](=O)[O-])cc3)cc2)n1. The van der Waals surface area contributed by atoms with Crippen LogP contribution in [0.25, 0.3) is 0 Å². The molecule has 3 rings (SSSR count). The maximum atomic E-state index is 10.7. The second-order valence-electron chi connectivity index (χ2n) is 6.16. The number of thiocarbonyl (C=S) groups is 1. The summed E-state index contributed by atoms with van der Waals surface area (Å²) >= 11 is 5.29. The Balaban J connectivity index is 1.58. The Bertz CT molecular complexity index is 965. The van der Waals surface area contributed by atoms with Gasteiger partial charge in [-0.05, 0) is 62.0 Å². The summed E-state index contributed by atoms with van der Waals surface area (Å²) in [6.45, 7) is 4.74. The lowest BCUT2D eigenvalue weighted by Crippen LogP contribution is -2.19. The van der Waals surface area contributed by atoms with Gasteiger partial charge in [-0.15, -0.1) is 0 Å². The standard InChI is InChI=1S/C19H19N5O2S/c1-13-11-14(2)23(22-13)12-15-3-5-16(6-4-15)20-19(27)21-17-7-9-18(10-8-17)24(25)26/h3-11H,12H2,1-2H3,(H2,20,21,27). The minimum atomic E-state index is -0.437. The van der Waals surface area contributed by atoms with Crippen LogP contribution in [-0.4, -0.2) is 19.8 Å². The molecule has 3 aromatic rings. The Morgan fingerprint density at radius 2 is 1.63 bits per heavy atom. The van der Waals surface area contributed by atoms with E-state index in [9.17, 15) is 10.1 Å². The van der Waals surface area contributed by atoms with Crippen molar-refractivity contribution in [1.82, 2.24) is 9.78 Å². The highest BCUT2D eigenvalue weighted by Gasteiger charge is 2.06. The van der Waals surface area contributed by atoms with Crippen LogP contribution >= 0.6 is 12.2 Å². The molecule has 0 unspecified atom stereocenters. The molecule has 1 aromatic heterocycles. The molecular formula is C19H19N5O2S. The second-order valence-corrected chi connectivity index (χ2v) is 6.57. The molecule has 0 bridgehead atoms. The molecule has 27 heavy (non-hydrogen) atoms. The third-order valence-corrected chi connectivity index (χ3v) is 4.19. The van der Waals surface area contributed by atoms with Crippen LogP contribution in [-0.2, 0) is 6.54 Å². The molecule has 138 valence electrons. The van der Waals surface area contributed by atoms with E-state index < -0.39 is 4.92 Å². The average Bonchev–Trinajstić information content (AvgIpc) is 2.94. The van der Waals surface area contributed by atoms with Crippen LogP contribution in [0.3, 0.4) is 0 Å². The normalized spacial score (nSPS) is 10.4. The fourth-order valence-corrected chi connectivity index (χ4v) is 2.90. The highest BCUT2D eigenvalue weighted by Crippen LogP contribution is 2.16. The van der Waals surface area contributed by atoms with E-state index in [1.807, 2.05) is 42.8 Å². The zero-order valence-electron chi connectivity index (χ0n) is 15.0. The van der Waals surface area contributed by atoms with E-state index in [2.05, 4.69) is 21.8 Å². The molecule has 2 N–H and O–H groups in total. The first-order valence-electron chi connectivity index (χ1n) is 8.33. The first-order chi connectivity index (χ1) is 12.9. The number of nitrogens with one attached hydrogen (secondary N) is 2. The van der Waals surface area contributed by atoms with Crippen molar-refractivity contribution in [2.75, 3.05) is 10.6 Å². The lowest BCUT2D eigenvalue weighted by Gasteiger charge is -2.11. The summed E-state index contributed by atoms with van der Waals surface area (Å²) in [5.41, 5.74) is 4.85. The summed E-state index contributed by atoms with van der Waals surface area (Å²) in [5, 5.41) is 21.7. The molecule has 0 fully saturated rings. The number of hydrogen-bond acceptors (Lipinski definition) is 4.